The highest BCUT2D eigenvalue weighted by atomic mass is 16.3. The summed E-state index contributed by atoms with van der Waals surface area (Å²) in [6.07, 6.45) is 3.43. The normalized spacial score (nSPS) is 22.0. The molecule has 0 saturated carbocycles. The van der Waals surface area contributed by atoms with Gasteiger partial charge in [0.05, 0.1) is 6.10 Å². The van der Waals surface area contributed by atoms with Gasteiger partial charge in [0.25, 0.3) is 0 Å². The van der Waals surface area contributed by atoms with E-state index in [2.05, 4.69) is 41.0 Å². The number of aliphatic hydroxyl groups excluding tert-OH is 1. The third-order valence-corrected chi connectivity index (χ3v) is 4.76. The summed E-state index contributed by atoms with van der Waals surface area (Å²) in [6.45, 7) is 7.26. The van der Waals surface area contributed by atoms with Gasteiger partial charge in [-0.15, -0.1) is 0 Å². The van der Waals surface area contributed by atoms with Crippen LogP contribution in [0.15, 0.2) is 24.3 Å². The highest BCUT2D eigenvalue weighted by Crippen LogP contribution is 2.27. The Morgan fingerprint density at radius 2 is 1.90 bits per heavy atom. The molecule has 3 rings (SSSR count). The van der Waals surface area contributed by atoms with Gasteiger partial charge in [-0.25, -0.2) is 0 Å². The summed E-state index contributed by atoms with van der Waals surface area (Å²) >= 11 is 0. The van der Waals surface area contributed by atoms with Gasteiger partial charge in [-0.2, -0.15) is 0 Å². The molecule has 20 heavy (non-hydrogen) atoms. The van der Waals surface area contributed by atoms with Crippen LogP contribution in [-0.2, 0) is 6.42 Å². The van der Waals surface area contributed by atoms with Crippen LogP contribution in [0.1, 0.15) is 25.3 Å². The monoisotopic (exact) mass is 274 g/mol. The first kappa shape index (κ1) is 13.9. The van der Waals surface area contributed by atoms with E-state index in [1.165, 1.54) is 24.1 Å². The highest BCUT2D eigenvalue weighted by Gasteiger charge is 2.23. The standard InChI is InChI=1S/C17H26N2O/c1-14-6-9-18(10-7-14)12-16(20)13-19-11-8-15-4-2-3-5-17(15)19/h2-5,14,16,20H,6-13H2,1H3. The summed E-state index contributed by atoms with van der Waals surface area (Å²) in [4.78, 5) is 4.76. The van der Waals surface area contributed by atoms with Crippen molar-refractivity contribution in [3.05, 3.63) is 29.8 Å². The van der Waals surface area contributed by atoms with Crippen LogP contribution in [0, 0.1) is 5.92 Å². The van der Waals surface area contributed by atoms with E-state index in [0.717, 1.165) is 45.1 Å². The molecular formula is C17H26N2O. The SMILES string of the molecule is CC1CCN(CC(O)CN2CCc3ccccc32)CC1. The number of benzene rings is 1. The van der Waals surface area contributed by atoms with Crippen LogP contribution in [0.4, 0.5) is 5.69 Å². The van der Waals surface area contributed by atoms with E-state index in [1.54, 1.807) is 0 Å². The molecule has 0 spiro atoms. The zero-order valence-electron chi connectivity index (χ0n) is 12.5. The quantitative estimate of drug-likeness (QED) is 0.911. The van der Waals surface area contributed by atoms with Crippen LogP contribution in [-0.4, -0.2) is 48.8 Å². The van der Waals surface area contributed by atoms with Crippen LogP contribution in [0.5, 0.6) is 0 Å². The van der Waals surface area contributed by atoms with Gasteiger partial charge in [0.2, 0.25) is 0 Å². The maximum Gasteiger partial charge on any atom is 0.0841 e. The predicted octanol–water partition coefficient (Wildman–Crippen LogP) is 2.14. The van der Waals surface area contributed by atoms with Crippen LogP contribution >= 0.6 is 0 Å². The maximum atomic E-state index is 10.4. The minimum atomic E-state index is -0.241. The van der Waals surface area contributed by atoms with E-state index in [0.29, 0.717) is 0 Å². The van der Waals surface area contributed by atoms with E-state index in [-0.39, 0.29) is 6.10 Å². The van der Waals surface area contributed by atoms with E-state index < -0.39 is 0 Å². The maximum absolute atomic E-state index is 10.4. The van der Waals surface area contributed by atoms with Gasteiger partial charge < -0.3 is 14.9 Å². The Morgan fingerprint density at radius 3 is 2.70 bits per heavy atom. The zero-order chi connectivity index (χ0) is 13.9. The second kappa shape index (κ2) is 6.15. The van der Waals surface area contributed by atoms with Crippen molar-refractivity contribution in [2.75, 3.05) is 37.6 Å². The van der Waals surface area contributed by atoms with E-state index in [1.807, 2.05) is 0 Å². The number of piperidine rings is 1. The Hall–Kier alpha value is -1.06. The number of rotatable bonds is 4. The largest absolute Gasteiger partial charge is 0.390 e. The van der Waals surface area contributed by atoms with Crippen LogP contribution in [0.3, 0.4) is 0 Å². The van der Waals surface area contributed by atoms with E-state index >= 15 is 0 Å². The number of β-amino-alcohol motifs (C(OH)–C–C–N with tert-alkyl or cyclic N) is 1. The molecule has 1 aromatic rings. The molecule has 1 aromatic carbocycles. The number of hydrogen-bond acceptors (Lipinski definition) is 3. The smallest absolute Gasteiger partial charge is 0.0841 e. The highest BCUT2D eigenvalue weighted by molar-refractivity contribution is 5.57. The topological polar surface area (TPSA) is 26.7 Å². The molecule has 2 aliphatic heterocycles. The van der Waals surface area contributed by atoms with Crippen molar-refractivity contribution in [1.82, 2.24) is 4.90 Å². The number of aliphatic hydroxyl groups is 1. The molecule has 0 aromatic heterocycles. The van der Waals surface area contributed by atoms with Crippen molar-refractivity contribution < 1.29 is 5.11 Å². The lowest BCUT2D eigenvalue weighted by atomic mass is 9.99. The Bertz CT molecular complexity index is 440. The van der Waals surface area contributed by atoms with Gasteiger partial charge in [-0.3, -0.25) is 0 Å². The molecule has 0 amide bonds. The Morgan fingerprint density at radius 1 is 1.15 bits per heavy atom. The number of likely N-dealkylation sites (tertiary alicyclic amines) is 1. The second-order valence-corrected chi connectivity index (χ2v) is 6.46. The molecule has 3 nitrogen and oxygen atoms in total. The third-order valence-electron chi connectivity index (χ3n) is 4.76. The molecule has 1 saturated heterocycles. The lowest BCUT2D eigenvalue weighted by molar-refractivity contribution is 0.0954. The Kier molecular flexibility index (Phi) is 4.27. The van der Waals surface area contributed by atoms with Gasteiger partial charge in [-0.05, 0) is 49.9 Å². The second-order valence-electron chi connectivity index (χ2n) is 6.46. The molecule has 0 radical (unpaired) electrons. The zero-order valence-corrected chi connectivity index (χ0v) is 12.5. The third kappa shape index (κ3) is 3.15. The number of hydrogen-bond donors (Lipinski definition) is 1. The molecule has 3 heteroatoms. The van der Waals surface area contributed by atoms with Crippen molar-refractivity contribution in [3.63, 3.8) is 0 Å². The van der Waals surface area contributed by atoms with Crippen molar-refractivity contribution in [3.8, 4) is 0 Å². The number of nitrogens with zero attached hydrogens (tertiary/aromatic N) is 2. The molecular weight excluding hydrogens is 248 g/mol. The molecule has 1 fully saturated rings. The number of para-hydroxylation sites is 1. The van der Waals surface area contributed by atoms with E-state index in [9.17, 15) is 5.11 Å². The molecule has 0 bridgehead atoms. The molecule has 1 N–H and O–H groups in total. The predicted molar refractivity (Wildman–Crippen MR) is 83.2 cm³/mol. The lowest BCUT2D eigenvalue weighted by Crippen LogP contribution is -2.42. The summed E-state index contributed by atoms with van der Waals surface area (Å²) in [5, 5.41) is 10.4. The van der Waals surface area contributed by atoms with Gasteiger partial charge >= 0.3 is 0 Å². The van der Waals surface area contributed by atoms with Crippen molar-refractivity contribution >= 4 is 5.69 Å². The average molecular weight is 274 g/mol. The summed E-state index contributed by atoms with van der Waals surface area (Å²) in [5.41, 5.74) is 2.74. The summed E-state index contributed by atoms with van der Waals surface area (Å²) in [5.74, 6) is 0.855. The first-order valence-electron chi connectivity index (χ1n) is 7.95. The van der Waals surface area contributed by atoms with Gasteiger partial charge in [-0.1, -0.05) is 25.1 Å². The summed E-state index contributed by atoms with van der Waals surface area (Å²) in [6, 6.07) is 8.58. The number of fused-ring (bicyclic) bond motifs is 1. The fraction of sp³-hybridized carbons (Fsp3) is 0.647. The van der Waals surface area contributed by atoms with Crippen molar-refractivity contribution in [2.24, 2.45) is 5.92 Å². The van der Waals surface area contributed by atoms with Crippen molar-refractivity contribution in [2.45, 2.75) is 32.3 Å². The fourth-order valence-electron chi connectivity index (χ4n) is 3.45. The molecule has 1 unspecified atom stereocenters. The van der Waals surface area contributed by atoms with E-state index in [4.69, 9.17) is 0 Å². The van der Waals surface area contributed by atoms with Crippen molar-refractivity contribution in [1.29, 1.82) is 0 Å². The van der Waals surface area contributed by atoms with Gasteiger partial charge in [0.1, 0.15) is 0 Å². The molecule has 110 valence electrons. The van der Waals surface area contributed by atoms with Crippen LogP contribution in [0.25, 0.3) is 0 Å². The fourth-order valence-corrected chi connectivity index (χ4v) is 3.45. The first-order valence-corrected chi connectivity index (χ1v) is 7.95. The Balaban J connectivity index is 1.51. The van der Waals surface area contributed by atoms with Crippen LogP contribution < -0.4 is 4.90 Å². The molecule has 2 aliphatic rings. The minimum absolute atomic E-state index is 0.241. The summed E-state index contributed by atoms with van der Waals surface area (Å²) in [7, 11) is 0. The van der Waals surface area contributed by atoms with Gasteiger partial charge in [0.15, 0.2) is 0 Å². The average Bonchev–Trinajstić information content (AvgIpc) is 2.85. The number of anilines is 1. The van der Waals surface area contributed by atoms with Gasteiger partial charge in [0, 0.05) is 25.3 Å². The Labute approximate surface area is 122 Å². The molecule has 2 heterocycles. The van der Waals surface area contributed by atoms with Crippen LogP contribution in [0.2, 0.25) is 0 Å². The summed E-state index contributed by atoms with van der Waals surface area (Å²) < 4.78 is 0. The molecule has 1 atom stereocenters. The first-order chi connectivity index (χ1) is 9.72. The minimum Gasteiger partial charge on any atom is -0.390 e. The molecule has 0 aliphatic carbocycles. The lowest BCUT2D eigenvalue weighted by Gasteiger charge is -2.33.